The lowest BCUT2D eigenvalue weighted by atomic mass is 9.89. The Morgan fingerprint density at radius 3 is 2.67 bits per heavy atom. The molecule has 0 aromatic heterocycles. The van der Waals surface area contributed by atoms with E-state index < -0.39 is 0 Å². The summed E-state index contributed by atoms with van der Waals surface area (Å²) in [6, 6.07) is 0. The van der Waals surface area contributed by atoms with E-state index in [1.54, 1.807) is 0 Å². The molecule has 0 bridgehead atoms. The van der Waals surface area contributed by atoms with Gasteiger partial charge in [-0.2, -0.15) is 0 Å². The van der Waals surface area contributed by atoms with E-state index >= 15 is 0 Å². The van der Waals surface area contributed by atoms with Crippen LogP contribution in [0.3, 0.4) is 0 Å². The summed E-state index contributed by atoms with van der Waals surface area (Å²) in [5, 5.41) is 0. The molecule has 0 unspecified atom stereocenters. The minimum Gasteiger partial charge on any atom is -0.428 e. The third kappa shape index (κ3) is 3.40. The Morgan fingerprint density at radius 1 is 1.25 bits per heavy atom. The summed E-state index contributed by atoms with van der Waals surface area (Å²) in [6.45, 7) is 0.404. The van der Waals surface area contributed by atoms with Gasteiger partial charge in [0, 0.05) is 0 Å². The first-order valence-electron chi connectivity index (χ1n) is 4.43. The summed E-state index contributed by atoms with van der Waals surface area (Å²) in [5.74, 6) is 0.644. The van der Waals surface area contributed by atoms with Crippen molar-refractivity contribution in [3.63, 3.8) is 0 Å². The SMILES string of the molecule is O=COC=C=CC1CCCCC1. The van der Waals surface area contributed by atoms with Crippen LogP contribution in [-0.4, -0.2) is 6.47 Å². The second kappa shape index (κ2) is 5.62. The smallest absolute Gasteiger partial charge is 0.298 e. The van der Waals surface area contributed by atoms with Gasteiger partial charge in [0.25, 0.3) is 6.47 Å². The molecule has 2 nitrogen and oxygen atoms in total. The van der Waals surface area contributed by atoms with E-state index in [0.717, 1.165) is 0 Å². The lowest BCUT2D eigenvalue weighted by Crippen LogP contribution is -2.01. The molecule has 0 aromatic rings. The van der Waals surface area contributed by atoms with Crippen LogP contribution in [0.2, 0.25) is 0 Å². The number of rotatable bonds is 3. The van der Waals surface area contributed by atoms with Crippen LogP contribution in [0.15, 0.2) is 18.1 Å². The molecule has 0 heterocycles. The van der Waals surface area contributed by atoms with E-state index in [1.165, 1.54) is 38.4 Å². The third-order valence-corrected chi connectivity index (χ3v) is 2.17. The van der Waals surface area contributed by atoms with Gasteiger partial charge >= 0.3 is 0 Å². The van der Waals surface area contributed by atoms with Crippen LogP contribution in [0.1, 0.15) is 32.1 Å². The molecule has 0 radical (unpaired) electrons. The lowest BCUT2D eigenvalue weighted by Gasteiger charge is -2.16. The highest BCUT2D eigenvalue weighted by Gasteiger charge is 2.08. The summed E-state index contributed by atoms with van der Waals surface area (Å²) < 4.78 is 4.38. The fraction of sp³-hybridized carbons (Fsp3) is 0.600. The fourth-order valence-electron chi connectivity index (χ4n) is 1.54. The average molecular weight is 166 g/mol. The number of hydrogen-bond acceptors (Lipinski definition) is 2. The molecular formula is C10H14O2. The Balaban J connectivity index is 2.27. The predicted octanol–water partition coefficient (Wildman–Crippen LogP) is 2.41. The number of carbonyl (C=O) groups is 1. The molecule has 0 saturated heterocycles. The van der Waals surface area contributed by atoms with Gasteiger partial charge in [0.05, 0.1) is 0 Å². The maximum Gasteiger partial charge on any atom is 0.298 e. The molecule has 1 saturated carbocycles. The zero-order chi connectivity index (χ0) is 8.65. The van der Waals surface area contributed by atoms with Gasteiger partial charge in [-0.15, -0.1) is 0 Å². The van der Waals surface area contributed by atoms with Crippen molar-refractivity contribution in [3.05, 3.63) is 18.1 Å². The van der Waals surface area contributed by atoms with Crippen molar-refractivity contribution in [2.45, 2.75) is 32.1 Å². The van der Waals surface area contributed by atoms with Gasteiger partial charge in [0.15, 0.2) is 0 Å². The summed E-state index contributed by atoms with van der Waals surface area (Å²) in [4.78, 5) is 9.75. The van der Waals surface area contributed by atoms with Crippen molar-refractivity contribution < 1.29 is 9.53 Å². The Morgan fingerprint density at radius 2 is 2.00 bits per heavy atom. The van der Waals surface area contributed by atoms with Gasteiger partial charge < -0.3 is 4.74 Å². The Kier molecular flexibility index (Phi) is 4.25. The molecular weight excluding hydrogens is 152 g/mol. The third-order valence-electron chi connectivity index (χ3n) is 2.17. The van der Waals surface area contributed by atoms with Crippen molar-refractivity contribution in [2.75, 3.05) is 0 Å². The zero-order valence-corrected chi connectivity index (χ0v) is 7.16. The maximum atomic E-state index is 9.75. The second-order valence-electron chi connectivity index (χ2n) is 3.08. The topological polar surface area (TPSA) is 26.3 Å². The molecule has 1 aliphatic rings. The summed E-state index contributed by atoms with van der Waals surface area (Å²) in [5.41, 5.74) is 2.85. The van der Waals surface area contributed by atoms with Gasteiger partial charge in [0.2, 0.25) is 0 Å². The van der Waals surface area contributed by atoms with E-state index in [9.17, 15) is 4.79 Å². The molecule has 66 valence electrons. The van der Waals surface area contributed by atoms with Gasteiger partial charge in [-0.25, -0.2) is 0 Å². The second-order valence-corrected chi connectivity index (χ2v) is 3.08. The van der Waals surface area contributed by atoms with Crippen molar-refractivity contribution in [1.82, 2.24) is 0 Å². The van der Waals surface area contributed by atoms with E-state index in [-0.39, 0.29) is 0 Å². The predicted molar refractivity (Wildman–Crippen MR) is 46.4 cm³/mol. The van der Waals surface area contributed by atoms with Gasteiger partial charge in [-0.3, -0.25) is 4.79 Å². The first-order valence-corrected chi connectivity index (χ1v) is 4.43. The van der Waals surface area contributed by atoms with Crippen LogP contribution in [0.25, 0.3) is 0 Å². The quantitative estimate of drug-likeness (QED) is 0.365. The lowest BCUT2D eigenvalue weighted by molar-refractivity contribution is -0.123. The molecule has 1 fully saturated rings. The molecule has 0 aromatic carbocycles. The largest absolute Gasteiger partial charge is 0.428 e. The van der Waals surface area contributed by atoms with Crippen molar-refractivity contribution in [3.8, 4) is 0 Å². The molecule has 0 spiro atoms. The number of ether oxygens (including phenoxy) is 1. The van der Waals surface area contributed by atoms with Crippen molar-refractivity contribution in [2.24, 2.45) is 5.92 Å². The Bertz CT molecular complexity index is 184. The molecule has 1 aliphatic carbocycles. The van der Waals surface area contributed by atoms with Crippen LogP contribution in [0, 0.1) is 5.92 Å². The van der Waals surface area contributed by atoms with Gasteiger partial charge in [-0.1, -0.05) is 25.0 Å². The Hall–Kier alpha value is -1.01. The number of carbonyl (C=O) groups excluding carboxylic acids is 1. The van der Waals surface area contributed by atoms with E-state index in [4.69, 9.17) is 0 Å². The van der Waals surface area contributed by atoms with Crippen molar-refractivity contribution in [1.29, 1.82) is 0 Å². The van der Waals surface area contributed by atoms with Gasteiger partial charge in [-0.05, 0) is 24.8 Å². The average Bonchev–Trinajstić information content (AvgIpc) is 2.14. The van der Waals surface area contributed by atoms with E-state index in [0.29, 0.717) is 12.4 Å². The zero-order valence-electron chi connectivity index (χ0n) is 7.16. The monoisotopic (exact) mass is 166 g/mol. The van der Waals surface area contributed by atoms with E-state index in [2.05, 4.69) is 10.5 Å². The maximum absolute atomic E-state index is 9.75. The molecule has 0 amide bonds. The van der Waals surface area contributed by atoms with Crippen LogP contribution in [-0.2, 0) is 9.53 Å². The molecule has 12 heavy (non-hydrogen) atoms. The van der Waals surface area contributed by atoms with E-state index in [1.807, 2.05) is 6.08 Å². The minimum atomic E-state index is 0.404. The standard InChI is InChI=1S/C10H14O2/c11-9-12-8-4-7-10-5-2-1-3-6-10/h7-10H,1-3,5-6H2. The summed E-state index contributed by atoms with van der Waals surface area (Å²) >= 11 is 0. The summed E-state index contributed by atoms with van der Waals surface area (Å²) in [6.07, 6.45) is 9.81. The fourth-order valence-corrected chi connectivity index (χ4v) is 1.54. The Labute approximate surface area is 72.9 Å². The molecule has 1 rings (SSSR count). The molecule has 0 aliphatic heterocycles. The number of hydrogen-bond donors (Lipinski definition) is 0. The van der Waals surface area contributed by atoms with Gasteiger partial charge in [0.1, 0.15) is 6.26 Å². The normalized spacial score (nSPS) is 17.7. The molecule has 0 N–H and O–H groups in total. The highest BCUT2D eigenvalue weighted by Crippen LogP contribution is 2.23. The van der Waals surface area contributed by atoms with Crippen molar-refractivity contribution >= 4 is 6.47 Å². The summed E-state index contributed by atoms with van der Waals surface area (Å²) in [7, 11) is 0. The van der Waals surface area contributed by atoms with Crippen LogP contribution in [0.4, 0.5) is 0 Å². The molecule has 2 heteroatoms. The first kappa shape index (κ1) is 9.08. The highest BCUT2D eigenvalue weighted by molar-refractivity contribution is 5.38. The first-order chi connectivity index (χ1) is 5.93. The minimum absolute atomic E-state index is 0.404. The number of allylic oxidation sites excluding steroid dienone is 1. The highest BCUT2D eigenvalue weighted by atomic mass is 16.5. The van der Waals surface area contributed by atoms with Crippen LogP contribution < -0.4 is 0 Å². The van der Waals surface area contributed by atoms with Crippen LogP contribution in [0.5, 0.6) is 0 Å². The molecule has 0 atom stereocenters. The van der Waals surface area contributed by atoms with Crippen LogP contribution >= 0.6 is 0 Å².